The van der Waals surface area contributed by atoms with E-state index in [9.17, 15) is 14.3 Å². The molecule has 1 atom stereocenters. The average molecular weight is 268 g/mol. The standard InChI is InChI=1S/C14H21FN2O2/c1-9(2)6-12(18)8-16-14(19)17-13-7-11(15)5-4-10(13)3/h4-5,7,9,12,18H,6,8H2,1-3H3,(H2,16,17,19). The van der Waals surface area contributed by atoms with Crippen LogP contribution in [0, 0.1) is 18.7 Å². The molecule has 1 rings (SSSR count). The third-order valence-electron chi connectivity index (χ3n) is 2.69. The number of aryl methyl sites for hydroxylation is 1. The van der Waals surface area contributed by atoms with Crippen LogP contribution in [0.1, 0.15) is 25.8 Å². The van der Waals surface area contributed by atoms with E-state index in [1.54, 1.807) is 13.0 Å². The summed E-state index contributed by atoms with van der Waals surface area (Å²) in [6, 6.07) is 3.75. The molecule has 2 amide bonds. The van der Waals surface area contributed by atoms with Crippen molar-refractivity contribution in [3.8, 4) is 0 Å². The quantitative estimate of drug-likeness (QED) is 0.769. The SMILES string of the molecule is Cc1ccc(F)cc1NC(=O)NCC(O)CC(C)C. The summed E-state index contributed by atoms with van der Waals surface area (Å²) >= 11 is 0. The van der Waals surface area contributed by atoms with Gasteiger partial charge in [0, 0.05) is 12.2 Å². The molecule has 19 heavy (non-hydrogen) atoms. The number of urea groups is 1. The number of aliphatic hydroxyl groups excluding tert-OH is 1. The zero-order valence-corrected chi connectivity index (χ0v) is 11.5. The molecule has 0 aliphatic carbocycles. The molecular weight excluding hydrogens is 247 g/mol. The Morgan fingerprint density at radius 3 is 2.74 bits per heavy atom. The average Bonchev–Trinajstić information content (AvgIpc) is 2.30. The number of carbonyl (C=O) groups excluding carboxylic acids is 1. The third kappa shape index (κ3) is 5.70. The van der Waals surface area contributed by atoms with Gasteiger partial charge in [0.1, 0.15) is 5.82 Å². The molecule has 0 saturated heterocycles. The van der Waals surface area contributed by atoms with Gasteiger partial charge < -0.3 is 15.7 Å². The highest BCUT2D eigenvalue weighted by Gasteiger charge is 2.10. The van der Waals surface area contributed by atoms with Gasteiger partial charge in [-0.15, -0.1) is 0 Å². The largest absolute Gasteiger partial charge is 0.391 e. The molecule has 0 aliphatic rings. The molecule has 0 heterocycles. The maximum absolute atomic E-state index is 13.0. The fourth-order valence-electron chi connectivity index (χ4n) is 1.73. The minimum atomic E-state index is -0.570. The molecule has 0 aliphatic heterocycles. The van der Waals surface area contributed by atoms with Crippen molar-refractivity contribution in [3.63, 3.8) is 0 Å². The van der Waals surface area contributed by atoms with Crippen LogP contribution in [0.2, 0.25) is 0 Å². The van der Waals surface area contributed by atoms with Gasteiger partial charge >= 0.3 is 6.03 Å². The third-order valence-corrected chi connectivity index (χ3v) is 2.69. The van der Waals surface area contributed by atoms with E-state index in [-0.39, 0.29) is 6.54 Å². The van der Waals surface area contributed by atoms with Crippen molar-refractivity contribution in [2.45, 2.75) is 33.3 Å². The lowest BCUT2D eigenvalue weighted by molar-refractivity contribution is 0.148. The lowest BCUT2D eigenvalue weighted by Crippen LogP contribution is -2.35. The van der Waals surface area contributed by atoms with Gasteiger partial charge in [-0.2, -0.15) is 0 Å². The van der Waals surface area contributed by atoms with Gasteiger partial charge in [0.25, 0.3) is 0 Å². The van der Waals surface area contributed by atoms with Crippen LogP contribution in [0.3, 0.4) is 0 Å². The molecule has 4 nitrogen and oxygen atoms in total. The number of halogens is 1. The van der Waals surface area contributed by atoms with Gasteiger partial charge in [-0.05, 0) is 37.0 Å². The number of aliphatic hydroxyl groups is 1. The Morgan fingerprint density at radius 1 is 1.42 bits per heavy atom. The number of hydrogen-bond donors (Lipinski definition) is 3. The van der Waals surface area contributed by atoms with Crippen LogP contribution in [-0.2, 0) is 0 Å². The van der Waals surface area contributed by atoms with E-state index in [4.69, 9.17) is 0 Å². The Hall–Kier alpha value is -1.62. The predicted molar refractivity (Wildman–Crippen MR) is 73.6 cm³/mol. The molecule has 1 aromatic rings. The maximum Gasteiger partial charge on any atom is 0.319 e. The zero-order chi connectivity index (χ0) is 14.4. The lowest BCUT2D eigenvalue weighted by atomic mass is 10.1. The van der Waals surface area contributed by atoms with Crippen molar-refractivity contribution in [2.75, 3.05) is 11.9 Å². The van der Waals surface area contributed by atoms with Crippen LogP contribution in [-0.4, -0.2) is 23.8 Å². The van der Waals surface area contributed by atoms with Crippen molar-refractivity contribution in [3.05, 3.63) is 29.6 Å². The number of nitrogens with one attached hydrogen (secondary N) is 2. The molecule has 1 unspecified atom stereocenters. The highest BCUT2D eigenvalue weighted by atomic mass is 19.1. The Morgan fingerprint density at radius 2 is 2.11 bits per heavy atom. The predicted octanol–water partition coefficient (Wildman–Crippen LogP) is 2.66. The Bertz CT molecular complexity index is 435. The van der Waals surface area contributed by atoms with Crippen LogP contribution in [0.5, 0.6) is 0 Å². The number of amides is 2. The van der Waals surface area contributed by atoms with E-state index in [2.05, 4.69) is 10.6 Å². The first-order valence-corrected chi connectivity index (χ1v) is 6.37. The number of rotatable bonds is 5. The fraction of sp³-hybridized carbons (Fsp3) is 0.500. The van der Waals surface area contributed by atoms with Crippen LogP contribution >= 0.6 is 0 Å². The fourth-order valence-corrected chi connectivity index (χ4v) is 1.73. The second-order valence-corrected chi connectivity index (χ2v) is 5.08. The van der Waals surface area contributed by atoms with Crippen LogP contribution in [0.25, 0.3) is 0 Å². The van der Waals surface area contributed by atoms with E-state index < -0.39 is 18.0 Å². The molecule has 3 N–H and O–H groups in total. The van der Waals surface area contributed by atoms with E-state index >= 15 is 0 Å². The maximum atomic E-state index is 13.0. The topological polar surface area (TPSA) is 61.4 Å². The second-order valence-electron chi connectivity index (χ2n) is 5.08. The molecule has 0 radical (unpaired) electrons. The van der Waals surface area contributed by atoms with Crippen molar-refractivity contribution in [1.29, 1.82) is 0 Å². The summed E-state index contributed by atoms with van der Waals surface area (Å²) in [7, 11) is 0. The lowest BCUT2D eigenvalue weighted by Gasteiger charge is -2.15. The summed E-state index contributed by atoms with van der Waals surface area (Å²) in [5.74, 6) is -0.0360. The Kier molecular flexibility index (Phi) is 5.76. The Labute approximate surface area is 113 Å². The molecule has 0 fully saturated rings. The monoisotopic (exact) mass is 268 g/mol. The summed E-state index contributed by atoms with van der Waals surface area (Å²) < 4.78 is 13.0. The summed E-state index contributed by atoms with van der Waals surface area (Å²) in [4.78, 5) is 11.6. The number of carbonyl (C=O) groups is 1. The molecule has 1 aromatic carbocycles. The highest BCUT2D eigenvalue weighted by Crippen LogP contribution is 2.15. The minimum absolute atomic E-state index is 0.179. The van der Waals surface area contributed by atoms with Crippen molar-refractivity contribution in [2.24, 2.45) is 5.92 Å². The van der Waals surface area contributed by atoms with Crippen LogP contribution in [0.4, 0.5) is 14.9 Å². The summed E-state index contributed by atoms with van der Waals surface area (Å²) in [6.07, 6.45) is 0.0542. The number of benzene rings is 1. The first kappa shape index (κ1) is 15.4. The van der Waals surface area contributed by atoms with Crippen molar-refractivity contribution < 1.29 is 14.3 Å². The van der Waals surface area contributed by atoms with Gasteiger partial charge in [-0.3, -0.25) is 0 Å². The molecule has 0 bridgehead atoms. The smallest absolute Gasteiger partial charge is 0.319 e. The summed E-state index contributed by atoms with van der Waals surface area (Å²) in [6.45, 7) is 5.96. The number of hydrogen-bond acceptors (Lipinski definition) is 2. The first-order valence-electron chi connectivity index (χ1n) is 6.37. The normalized spacial score (nSPS) is 12.3. The van der Waals surface area contributed by atoms with Crippen molar-refractivity contribution in [1.82, 2.24) is 5.32 Å². The molecule has 0 spiro atoms. The molecule has 0 aromatic heterocycles. The van der Waals surface area contributed by atoms with Crippen LogP contribution in [0.15, 0.2) is 18.2 Å². The van der Waals surface area contributed by atoms with E-state index in [1.165, 1.54) is 12.1 Å². The highest BCUT2D eigenvalue weighted by molar-refractivity contribution is 5.90. The van der Waals surface area contributed by atoms with E-state index in [1.807, 2.05) is 13.8 Å². The summed E-state index contributed by atoms with van der Waals surface area (Å²) in [5.41, 5.74) is 1.20. The second kappa shape index (κ2) is 7.09. The molecule has 106 valence electrons. The van der Waals surface area contributed by atoms with Gasteiger partial charge in [-0.25, -0.2) is 9.18 Å². The van der Waals surface area contributed by atoms with Crippen molar-refractivity contribution >= 4 is 11.7 Å². The van der Waals surface area contributed by atoms with Gasteiger partial charge in [0.2, 0.25) is 0 Å². The summed E-state index contributed by atoms with van der Waals surface area (Å²) in [5, 5.41) is 14.7. The van der Waals surface area contributed by atoms with Crippen LogP contribution < -0.4 is 10.6 Å². The minimum Gasteiger partial charge on any atom is -0.391 e. The van der Waals surface area contributed by atoms with E-state index in [0.29, 0.717) is 18.0 Å². The number of anilines is 1. The molecule has 5 heteroatoms. The van der Waals surface area contributed by atoms with Gasteiger partial charge in [0.15, 0.2) is 0 Å². The van der Waals surface area contributed by atoms with Gasteiger partial charge in [-0.1, -0.05) is 19.9 Å². The molecular formula is C14H21FN2O2. The molecule has 0 saturated carbocycles. The Balaban J connectivity index is 2.45. The zero-order valence-electron chi connectivity index (χ0n) is 11.5. The first-order chi connectivity index (χ1) is 8.88. The van der Waals surface area contributed by atoms with E-state index in [0.717, 1.165) is 5.56 Å². The van der Waals surface area contributed by atoms with Gasteiger partial charge in [0.05, 0.1) is 6.10 Å².